The van der Waals surface area contributed by atoms with Gasteiger partial charge in [-0.3, -0.25) is 15.8 Å². The minimum absolute atomic E-state index is 0.782. The summed E-state index contributed by atoms with van der Waals surface area (Å²) in [7, 11) is 0. The topological polar surface area (TPSA) is 49.8 Å². The lowest BCUT2D eigenvalue weighted by Crippen LogP contribution is -2.09. The van der Waals surface area contributed by atoms with Gasteiger partial charge < -0.3 is 0 Å². The van der Waals surface area contributed by atoms with Gasteiger partial charge in [-0.2, -0.15) is 0 Å². The number of nitrogens with one attached hydrogen (secondary N) is 2. The molecule has 0 aliphatic carbocycles. The molecule has 0 spiro atoms. The second kappa shape index (κ2) is 4.23. The van der Waals surface area contributed by atoms with E-state index in [1.807, 2.05) is 30.3 Å². The van der Waals surface area contributed by atoms with Crippen molar-refractivity contribution in [1.29, 1.82) is 0 Å². The first kappa shape index (κ1) is 8.50. The van der Waals surface area contributed by atoms with Gasteiger partial charge in [0.15, 0.2) is 0 Å². The smallest absolute Gasteiger partial charge is 0.144 e. The highest BCUT2D eigenvalue weighted by Crippen LogP contribution is 2.05. The van der Waals surface area contributed by atoms with E-state index in [0.717, 1.165) is 11.5 Å². The molecular weight excluding hydrogens is 176 g/mol. The molecule has 0 aliphatic heterocycles. The summed E-state index contributed by atoms with van der Waals surface area (Å²) in [5.74, 6) is 0.782. The van der Waals surface area contributed by atoms with Gasteiger partial charge >= 0.3 is 0 Å². The number of nitrogens with zero attached hydrogens (tertiary/aromatic N) is 2. The highest BCUT2D eigenvalue weighted by Gasteiger charge is 1.90. The van der Waals surface area contributed by atoms with Crippen LogP contribution in [0.4, 0.5) is 11.5 Å². The highest BCUT2D eigenvalue weighted by molar-refractivity contribution is 5.47. The van der Waals surface area contributed by atoms with E-state index < -0.39 is 0 Å². The molecule has 2 aromatic rings. The Morgan fingerprint density at radius 3 is 2.43 bits per heavy atom. The van der Waals surface area contributed by atoms with Crippen molar-refractivity contribution < 1.29 is 0 Å². The Morgan fingerprint density at radius 2 is 1.71 bits per heavy atom. The molecule has 4 heteroatoms. The Hall–Kier alpha value is -2.10. The van der Waals surface area contributed by atoms with Crippen molar-refractivity contribution in [1.82, 2.24) is 9.97 Å². The maximum atomic E-state index is 4.10. The van der Waals surface area contributed by atoms with E-state index >= 15 is 0 Å². The molecule has 0 saturated heterocycles. The van der Waals surface area contributed by atoms with Crippen LogP contribution in [0.1, 0.15) is 0 Å². The molecule has 0 aromatic carbocycles. The zero-order chi connectivity index (χ0) is 9.64. The molecule has 0 saturated carbocycles. The van der Waals surface area contributed by atoms with Crippen LogP contribution in [-0.2, 0) is 0 Å². The van der Waals surface area contributed by atoms with Gasteiger partial charge in [0.05, 0.1) is 5.69 Å². The molecular formula is C10H10N4. The lowest BCUT2D eigenvalue weighted by atomic mass is 10.4. The van der Waals surface area contributed by atoms with Crippen LogP contribution in [0.15, 0.2) is 48.9 Å². The molecule has 2 N–H and O–H groups in total. The Morgan fingerprint density at radius 1 is 0.857 bits per heavy atom. The van der Waals surface area contributed by atoms with E-state index in [1.54, 1.807) is 18.6 Å². The number of hydrazine groups is 1. The summed E-state index contributed by atoms with van der Waals surface area (Å²) in [5.41, 5.74) is 6.93. The van der Waals surface area contributed by atoms with Gasteiger partial charge in [0.25, 0.3) is 0 Å². The van der Waals surface area contributed by atoms with Crippen molar-refractivity contribution in [2.75, 3.05) is 10.9 Å². The summed E-state index contributed by atoms with van der Waals surface area (Å²) >= 11 is 0. The van der Waals surface area contributed by atoms with Gasteiger partial charge in [-0.25, -0.2) is 4.98 Å². The number of pyridine rings is 2. The number of hydrogen-bond donors (Lipinski definition) is 2. The fourth-order valence-electron chi connectivity index (χ4n) is 1.01. The lowest BCUT2D eigenvalue weighted by Gasteiger charge is -2.07. The second-order valence-corrected chi connectivity index (χ2v) is 2.70. The van der Waals surface area contributed by atoms with Gasteiger partial charge in [-0.1, -0.05) is 6.07 Å². The van der Waals surface area contributed by atoms with E-state index in [0.29, 0.717) is 0 Å². The van der Waals surface area contributed by atoms with Gasteiger partial charge in [0.1, 0.15) is 5.82 Å². The highest BCUT2D eigenvalue weighted by atomic mass is 15.4. The van der Waals surface area contributed by atoms with Gasteiger partial charge in [0.2, 0.25) is 0 Å². The van der Waals surface area contributed by atoms with Crippen molar-refractivity contribution in [2.24, 2.45) is 0 Å². The largest absolute Gasteiger partial charge is 0.300 e. The molecule has 0 atom stereocenters. The number of rotatable bonds is 3. The summed E-state index contributed by atoms with van der Waals surface area (Å²) in [5, 5.41) is 0. The van der Waals surface area contributed by atoms with Crippen LogP contribution in [0.2, 0.25) is 0 Å². The summed E-state index contributed by atoms with van der Waals surface area (Å²) < 4.78 is 0. The van der Waals surface area contributed by atoms with E-state index in [-0.39, 0.29) is 0 Å². The average Bonchev–Trinajstić information content (AvgIpc) is 2.29. The minimum Gasteiger partial charge on any atom is -0.300 e. The third-order valence-corrected chi connectivity index (χ3v) is 1.68. The number of anilines is 2. The first-order chi connectivity index (χ1) is 6.95. The summed E-state index contributed by atoms with van der Waals surface area (Å²) in [6, 6.07) is 9.42. The average molecular weight is 186 g/mol. The van der Waals surface area contributed by atoms with Gasteiger partial charge in [0, 0.05) is 18.6 Å². The van der Waals surface area contributed by atoms with Crippen molar-refractivity contribution in [2.45, 2.75) is 0 Å². The van der Waals surface area contributed by atoms with Gasteiger partial charge in [-0.15, -0.1) is 0 Å². The second-order valence-electron chi connectivity index (χ2n) is 2.70. The normalized spacial score (nSPS) is 9.43. The Balaban J connectivity index is 1.96. The van der Waals surface area contributed by atoms with Crippen molar-refractivity contribution >= 4 is 11.5 Å². The summed E-state index contributed by atoms with van der Waals surface area (Å²) in [4.78, 5) is 8.02. The maximum Gasteiger partial charge on any atom is 0.144 e. The van der Waals surface area contributed by atoms with E-state index in [4.69, 9.17) is 0 Å². The molecule has 0 radical (unpaired) electrons. The maximum absolute atomic E-state index is 4.10. The molecule has 2 rings (SSSR count). The van der Waals surface area contributed by atoms with Gasteiger partial charge in [-0.05, 0) is 24.3 Å². The number of aromatic nitrogens is 2. The van der Waals surface area contributed by atoms with E-state index in [9.17, 15) is 0 Å². The van der Waals surface area contributed by atoms with Crippen LogP contribution in [0.5, 0.6) is 0 Å². The molecule has 2 aromatic heterocycles. The molecule has 0 bridgehead atoms. The molecule has 0 amide bonds. The zero-order valence-electron chi connectivity index (χ0n) is 7.51. The zero-order valence-corrected chi connectivity index (χ0v) is 7.51. The Bertz CT molecular complexity index is 334. The molecule has 70 valence electrons. The molecule has 0 fully saturated rings. The third kappa shape index (κ3) is 2.20. The molecule has 14 heavy (non-hydrogen) atoms. The van der Waals surface area contributed by atoms with Crippen molar-refractivity contribution in [3.8, 4) is 0 Å². The first-order valence-corrected chi connectivity index (χ1v) is 4.28. The molecule has 2 heterocycles. The summed E-state index contributed by atoms with van der Waals surface area (Å²) in [6.45, 7) is 0. The lowest BCUT2D eigenvalue weighted by molar-refractivity contribution is 1.25. The third-order valence-electron chi connectivity index (χ3n) is 1.68. The fraction of sp³-hybridized carbons (Fsp3) is 0. The van der Waals surface area contributed by atoms with Crippen LogP contribution >= 0.6 is 0 Å². The van der Waals surface area contributed by atoms with Crippen molar-refractivity contribution in [3.63, 3.8) is 0 Å². The quantitative estimate of drug-likeness (QED) is 0.719. The Labute approximate surface area is 82.0 Å². The van der Waals surface area contributed by atoms with Crippen LogP contribution < -0.4 is 10.9 Å². The van der Waals surface area contributed by atoms with Crippen LogP contribution in [0.25, 0.3) is 0 Å². The van der Waals surface area contributed by atoms with Crippen LogP contribution in [0.3, 0.4) is 0 Å². The standard InChI is InChI=1S/C10H10N4/c1-2-6-12-10(3-1)14-13-9-4-7-11-8-5-9/h1-8H,(H,11,13)(H,12,14). The monoisotopic (exact) mass is 186 g/mol. The summed E-state index contributed by atoms with van der Waals surface area (Å²) in [6.07, 6.45) is 5.18. The molecule has 0 unspecified atom stereocenters. The van der Waals surface area contributed by atoms with E-state index in [2.05, 4.69) is 20.8 Å². The Kier molecular flexibility index (Phi) is 2.56. The fourth-order valence-corrected chi connectivity index (χ4v) is 1.01. The molecule has 4 nitrogen and oxygen atoms in total. The predicted molar refractivity (Wildman–Crippen MR) is 55.7 cm³/mol. The van der Waals surface area contributed by atoms with Crippen LogP contribution in [0, 0.1) is 0 Å². The number of hydrogen-bond acceptors (Lipinski definition) is 4. The SMILES string of the molecule is c1ccc(NNc2ccncc2)nc1. The first-order valence-electron chi connectivity index (χ1n) is 4.28. The van der Waals surface area contributed by atoms with E-state index in [1.165, 1.54) is 0 Å². The minimum atomic E-state index is 0.782. The molecule has 0 aliphatic rings. The predicted octanol–water partition coefficient (Wildman–Crippen LogP) is 1.92. The van der Waals surface area contributed by atoms with Crippen molar-refractivity contribution in [3.05, 3.63) is 48.9 Å². The van der Waals surface area contributed by atoms with Crippen LogP contribution in [-0.4, -0.2) is 9.97 Å².